The quantitative estimate of drug-likeness (QED) is 0.318. The van der Waals surface area contributed by atoms with Gasteiger partial charge in [0, 0.05) is 22.7 Å². The van der Waals surface area contributed by atoms with Crippen molar-refractivity contribution in [3.05, 3.63) is 105 Å². The Balaban J connectivity index is 1.58. The van der Waals surface area contributed by atoms with Crippen molar-refractivity contribution in [3.63, 3.8) is 0 Å². The average molecular weight is 464 g/mol. The lowest BCUT2D eigenvalue weighted by atomic mass is 9.90. The highest BCUT2D eigenvalue weighted by Gasteiger charge is 2.60. The zero-order chi connectivity index (χ0) is 23.1. The fourth-order valence-electron chi connectivity index (χ4n) is 4.38. The Bertz CT molecular complexity index is 1240. The molecule has 5 rings (SSSR count). The molecule has 2 aliphatic rings. The van der Waals surface area contributed by atoms with Gasteiger partial charge in [-0.25, -0.2) is 5.06 Å². The Morgan fingerprint density at radius 2 is 1.61 bits per heavy atom. The lowest BCUT2D eigenvalue weighted by Gasteiger charge is -2.29. The molecule has 0 aliphatic carbocycles. The van der Waals surface area contributed by atoms with Crippen LogP contribution in [0.5, 0.6) is 0 Å². The van der Waals surface area contributed by atoms with E-state index in [0.717, 1.165) is 5.56 Å². The number of anilines is 1. The summed E-state index contributed by atoms with van der Waals surface area (Å²) in [6, 6.07) is 21.4. The van der Waals surface area contributed by atoms with E-state index >= 15 is 0 Å². The second-order valence-electron chi connectivity index (χ2n) is 7.87. The zero-order valence-corrected chi connectivity index (χ0v) is 18.0. The summed E-state index contributed by atoms with van der Waals surface area (Å²) in [4.78, 5) is 44.9. The molecular weight excluding hydrogens is 446 g/mol. The predicted octanol–water partition coefficient (Wildman–Crippen LogP) is 4.29. The molecule has 0 bridgehead atoms. The van der Waals surface area contributed by atoms with Crippen LogP contribution in [0.2, 0.25) is 5.02 Å². The van der Waals surface area contributed by atoms with Gasteiger partial charge in [0.1, 0.15) is 5.92 Å². The van der Waals surface area contributed by atoms with Gasteiger partial charge in [-0.2, -0.15) is 0 Å². The topological polar surface area (TPSA) is 93.0 Å². The van der Waals surface area contributed by atoms with E-state index in [1.807, 2.05) is 36.4 Å². The maximum atomic E-state index is 13.5. The molecule has 3 atom stereocenters. The van der Waals surface area contributed by atoms with E-state index in [-0.39, 0.29) is 17.3 Å². The Kier molecular flexibility index (Phi) is 5.32. The molecule has 166 valence electrons. The highest BCUT2D eigenvalue weighted by Crippen LogP contribution is 2.49. The molecule has 2 amide bonds. The molecule has 2 aliphatic heterocycles. The predicted molar refractivity (Wildman–Crippen MR) is 120 cm³/mol. The molecule has 0 saturated carbocycles. The smallest absolute Gasteiger partial charge is 0.269 e. The molecule has 0 radical (unpaired) electrons. The third-order valence-electron chi connectivity index (χ3n) is 5.91. The van der Waals surface area contributed by atoms with Crippen molar-refractivity contribution in [2.45, 2.75) is 18.7 Å². The van der Waals surface area contributed by atoms with Crippen LogP contribution in [0.1, 0.15) is 17.2 Å². The maximum Gasteiger partial charge on any atom is 0.269 e. The number of hydrogen-bond acceptors (Lipinski definition) is 6. The van der Waals surface area contributed by atoms with Crippen LogP contribution in [0.3, 0.4) is 0 Å². The molecule has 8 nitrogen and oxygen atoms in total. The lowest BCUT2D eigenvalue weighted by Crippen LogP contribution is -2.37. The van der Waals surface area contributed by atoms with E-state index in [0.29, 0.717) is 11.3 Å². The zero-order valence-electron chi connectivity index (χ0n) is 17.2. The maximum absolute atomic E-state index is 13.5. The number of non-ortho nitro benzene ring substituents is 1. The largest absolute Gasteiger partial charge is 0.275 e. The molecule has 2 fully saturated rings. The number of halogens is 1. The van der Waals surface area contributed by atoms with Gasteiger partial charge in [-0.1, -0.05) is 60.1 Å². The van der Waals surface area contributed by atoms with Crippen molar-refractivity contribution in [1.29, 1.82) is 0 Å². The first kappa shape index (κ1) is 21.1. The number of nitro benzene ring substituents is 1. The number of nitrogens with zero attached hydrogens (tertiary/aromatic N) is 3. The number of imide groups is 1. The van der Waals surface area contributed by atoms with Crippen molar-refractivity contribution in [2.75, 3.05) is 5.06 Å². The first-order chi connectivity index (χ1) is 16.0. The highest BCUT2D eigenvalue weighted by molar-refractivity contribution is 6.31. The van der Waals surface area contributed by atoms with Gasteiger partial charge < -0.3 is 0 Å². The Hall–Kier alpha value is -3.75. The summed E-state index contributed by atoms with van der Waals surface area (Å²) in [7, 11) is 0. The van der Waals surface area contributed by atoms with Gasteiger partial charge >= 0.3 is 0 Å². The number of likely N-dealkylation sites (tertiary alicyclic amines) is 1. The van der Waals surface area contributed by atoms with E-state index < -0.39 is 34.8 Å². The van der Waals surface area contributed by atoms with Crippen LogP contribution >= 0.6 is 11.6 Å². The van der Waals surface area contributed by atoms with E-state index in [1.165, 1.54) is 28.2 Å². The van der Waals surface area contributed by atoms with Gasteiger partial charge in [-0.3, -0.25) is 29.4 Å². The molecule has 3 aromatic carbocycles. The molecule has 0 N–H and O–H groups in total. The fourth-order valence-corrected chi connectivity index (χ4v) is 4.61. The van der Waals surface area contributed by atoms with Crippen LogP contribution in [-0.2, 0) is 21.0 Å². The van der Waals surface area contributed by atoms with E-state index in [2.05, 4.69) is 0 Å². The third-order valence-corrected chi connectivity index (χ3v) is 6.25. The molecule has 33 heavy (non-hydrogen) atoms. The number of rotatable bonds is 5. The summed E-state index contributed by atoms with van der Waals surface area (Å²) >= 11 is 6.46. The molecule has 3 aromatic rings. The second-order valence-corrected chi connectivity index (χ2v) is 8.28. The SMILES string of the molecule is O=C1[C@H]2[C@H](ON(c3ccccc3)[C@H]2c2cc([N+](=O)[O-])ccc2Cl)C(=O)N1Cc1ccccc1. The molecule has 2 saturated heterocycles. The van der Waals surface area contributed by atoms with E-state index in [9.17, 15) is 19.7 Å². The van der Waals surface area contributed by atoms with Gasteiger partial charge in [0.15, 0.2) is 6.10 Å². The number of para-hydroxylation sites is 1. The van der Waals surface area contributed by atoms with Crippen LogP contribution in [-0.4, -0.2) is 27.7 Å². The molecule has 0 aromatic heterocycles. The minimum absolute atomic E-state index is 0.121. The Labute approximate surface area is 194 Å². The lowest BCUT2D eigenvalue weighted by molar-refractivity contribution is -0.384. The number of hydroxylamine groups is 1. The Morgan fingerprint density at radius 3 is 2.27 bits per heavy atom. The summed E-state index contributed by atoms with van der Waals surface area (Å²) in [6.45, 7) is 0.121. The summed E-state index contributed by atoms with van der Waals surface area (Å²) in [5.41, 5.74) is 1.60. The number of amides is 2. The van der Waals surface area contributed by atoms with Gasteiger partial charge in [-0.15, -0.1) is 0 Å². The number of nitro groups is 1. The third kappa shape index (κ3) is 3.63. The number of hydrogen-bond donors (Lipinski definition) is 0. The molecule has 0 spiro atoms. The number of carbonyl (C=O) groups is 2. The highest BCUT2D eigenvalue weighted by atomic mass is 35.5. The standard InChI is InChI=1S/C24H18ClN3O5/c25-19-12-11-17(28(31)32)13-18(19)21-20-22(33-27(21)16-9-5-2-6-10-16)24(30)26(23(20)29)14-15-7-3-1-4-8-15/h1-13,20-22H,14H2/t20-,21+,22+/m1/s1. The summed E-state index contributed by atoms with van der Waals surface area (Å²) in [6.07, 6.45) is -1.05. The van der Waals surface area contributed by atoms with Crippen molar-refractivity contribution >= 4 is 34.8 Å². The molecule has 2 heterocycles. The van der Waals surface area contributed by atoms with Gasteiger partial charge in [-0.05, 0) is 23.8 Å². The normalized spacial score (nSPS) is 22.0. The number of carbonyl (C=O) groups excluding carboxylic acids is 2. The van der Waals surface area contributed by atoms with Gasteiger partial charge in [0.25, 0.3) is 11.6 Å². The number of fused-ring (bicyclic) bond motifs is 1. The first-order valence-electron chi connectivity index (χ1n) is 10.3. The van der Waals surface area contributed by atoms with E-state index in [1.54, 1.807) is 24.3 Å². The van der Waals surface area contributed by atoms with Crippen molar-refractivity contribution in [2.24, 2.45) is 5.92 Å². The minimum atomic E-state index is -1.05. The summed E-state index contributed by atoms with van der Waals surface area (Å²) in [5, 5.41) is 13.1. The summed E-state index contributed by atoms with van der Waals surface area (Å²) in [5.74, 6) is -1.75. The second kappa shape index (κ2) is 8.31. The number of benzene rings is 3. The van der Waals surface area contributed by atoms with Gasteiger partial charge in [0.2, 0.25) is 5.91 Å². The van der Waals surface area contributed by atoms with Gasteiger partial charge in [0.05, 0.1) is 23.2 Å². The van der Waals surface area contributed by atoms with Crippen LogP contribution < -0.4 is 5.06 Å². The van der Waals surface area contributed by atoms with Crippen molar-refractivity contribution in [1.82, 2.24) is 4.90 Å². The van der Waals surface area contributed by atoms with Crippen LogP contribution in [0.25, 0.3) is 0 Å². The molecular formula is C24H18ClN3O5. The van der Waals surface area contributed by atoms with E-state index in [4.69, 9.17) is 16.4 Å². The molecule has 9 heteroatoms. The van der Waals surface area contributed by atoms with Crippen LogP contribution in [0.15, 0.2) is 78.9 Å². The van der Waals surface area contributed by atoms with Crippen molar-refractivity contribution in [3.8, 4) is 0 Å². The van der Waals surface area contributed by atoms with Crippen molar-refractivity contribution < 1.29 is 19.3 Å². The fraction of sp³-hybridized carbons (Fsp3) is 0.167. The minimum Gasteiger partial charge on any atom is -0.275 e. The summed E-state index contributed by atoms with van der Waals surface area (Å²) < 4.78 is 0. The molecule has 0 unspecified atom stereocenters. The van der Waals surface area contributed by atoms with Crippen LogP contribution in [0, 0.1) is 16.0 Å². The Morgan fingerprint density at radius 1 is 0.939 bits per heavy atom. The van der Waals surface area contributed by atoms with Crippen LogP contribution in [0.4, 0.5) is 11.4 Å². The monoisotopic (exact) mass is 463 g/mol. The first-order valence-corrected chi connectivity index (χ1v) is 10.7. The average Bonchev–Trinajstić information content (AvgIpc) is 3.32.